The van der Waals surface area contributed by atoms with Gasteiger partial charge in [0.25, 0.3) is 0 Å². The summed E-state index contributed by atoms with van der Waals surface area (Å²) in [5, 5.41) is 3.34. The van der Waals surface area contributed by atoms with E-state index in [0.29, 0.717) is 6.79 Å². The molecule has 2 heterocycles. The van der Waals surface area contributed by atoms with E-state index < -0.39 is 0 Å². The van der Waals surface area contributed by atoms with Crippen molar-refractivity contribution in [3.63, 3.8) is 0 Å². The van der Waals surface area contributed by atoms with Crippen molar-refractivity contribution < 1.29 is 13.9 Å². The van der Waals surface area contributed by atoms with Crippen LogP contribution in [0.25, 0.3) is 0 Å². The number of hydrogen-bond donors (Lipinski definition) is 1. The SMILES string of the molecule is c1cc(CNCc2ccc3c(c2)OCO3)co1. The van der Waals surface area contributed by atoms with Gasteiger partial charge in [-0.3, -0.25) is 0 Å². The first-order chi connectivity index (χ1) is 8.42. The molecule has 0 aliphatic carbocycles. The molecule has 17 heavy (non-hydrogen) atoms. The van der Waals surface area contributed by atoms with Crippen LogP contribution in [0.2, 0.25) is 0 Å². The minimum atomic E-state index is 0.321. The van der Waals surface area contributed by atoms with Gasteiger partial charge in [0.2, 0.25) is 6.79 Å². The third-order valence-electron chi connectivity index (χ3n) is 2.68. The van der Waals surface area contributed by atoms with Crippen molar-refractivity contribution in [2.24, 2.45) is 0 Å². The first-order valence-corrected chi connectivity index (χ1v) is 5.52. The molecule has 88 valence electrons. The lowest BCUT2D eigenvalue weighted by molar-refractivity contribution is 0.174. The van der Waals surface area contributed by atoms with E-state index in [1.165, 1.54) is 5.56 Å². The second kappa shape index (κ2) is 4.51. The standard InChI is InChI=1S/C13H13NO3/c1-2-12-13(17-9-16-12)5-10(1)6-14-7-11-3-4-15-8-11/h1-5,8,14H,6-7,9H2. The fourth-order valence-electron chi connectivity index (χ4n) is 1.80. The number of furan rings is 1. The van der Waals surface area contributed by atoms with Crippen LogP contribution in [0.3, 0.4) is 0 Å². The molecule has 0 bridgehead atoms. The quantitative estimate of drug-likeness (QED) is 0.876. The predicted molar refractivity (Wildman–Crippen MR) is 61.8 cm³/mol. The normalized spacial score (nSPS) is 12.9. The molecule has 4 nitrogen and oxygen atoms in total. The summed E-state index contributed by atoms with van der Waals surface area (Å²) < 4.78 is 15.6. The molecule has 1 aromatic heterocycles. The lowest BCUT2D eigenvalue weighted by atomic mass is 10.2. The maximum atomic E-state index is 5.33. The Hall–Kier alpha value is -1.94. The molecule has 0 amide bonds. The van der Waals surface area contributed by atoms with Crippen LogP contribution >= 0.6 is 0 Å². The van der Waals surface area contributed by atoms with Crippen LogP contribution in [0.15, 0.2) is 41.2 Å². The number of nitrogens with one attached hydrogen (secondary N) is 1. The van der Waals surface area contributed by atoms with E-state index in [1.807, 2.05) is 24.3 Å². The van der Waals surface area contributed by atoms with Gasteiger partial charge in [-0.15, -0.1) is 0 Å². The van der Waals surface area contributed by atoms with Gasteiger partial charge in [0, 0.05) is 18.7 Å². The molecule has 0 fully saturated rings. The highest BCUT2D eigenvalue weighted by Crippen LogP contribution is 2.32. The Labute approximate surface area is 99.1 Å². The van der Waals surface area contributed by atoms with Crippen molar-refractivity contribution >= 4 is 0 Å². The number of hydrogen-bond acceptors (Lipinski definition) is 4. The summed E-state index contributed by atoms with van der Waals surface area (Å²) in [6.07, 6.45) is 3.42. The molecule has 0 radical (unpaired) electrons. The maximum absolute atomic E-state index is 5.33. The van der Waals surface area contributed by atoms with Gasteiger partial charge in [0.1, 0.15) is 0 Å². The van der Waals surface area contributed by atoms with E-state index in [-0.39, 0.29) is 0 Å². The number of rotatable bonds is 4. The molecule has 3 rings (SSSR count). The Morgan fingerprint density at radius 3 is 2.76 bits per heavy atom. The summed E-state index contributed by atoms with van der Waals surface area (Å²) in [4.78, 5) is 0. The summed E-state index contributed by atoms with van der Waals surface area (Å²) in [6.45, 7) is 1.91. The fourth-order valence-corrected chi connectivity index (χ4v) is 1.80. The van der Waals surface area contributed by atoms with E-state index in [4.69, 9.17) is 13.9 Å². The Balaban J connectivity index is 1.58. The van der Waals surface area contributed by atoms with Gasteiger partial charge in [-0.05, 0) is 23.8 Å². The summed E-state index contributed by atoms with van der Waals surface area (Å²) in [5.74, 6) is 1.65. The van der Waals surface area contributed by atoms with Crippen LogP contribution in [0.1, 0.15) is 11.1 Å². The number of fused-ring (bicyclic) bond motifs is 1. The van der Waals surface area contributed by atoms with Gasteiger partial charge < -0.3 is 19.2 Å². The molecule has 1 N–H and O–H groups in total. The van der Waals surface area contributed by atoms with E-state index in [0.717, 1.165) is 30.2 Å². The molecule has 1 aliphatic rings. The first kappa shape index (κ1) is 10.2. The van der Waals surface area contributed by atoms with Crippen molar-refractivity contribution in [3.8, 4) is 11.5 Å². The second-order valence-electron chi connectivity index (χ2n) is 3.92. The Kier molecular flexibility index (Phi) is 2.71. The minimum absolute atomic E-state index is 0.321. The molecule has 0 saturated heterocycles. The molecule has 0 spiro atoms. The number of ether oxygens (including phenoxy) is 2. The van der Waals surface area contributed by atoms with E-state index in [1.54, 1.807) is 12.5 Å². The van der Waals surface area contributed by atoms with Crippen LogP contribution in [0.5, 0.6) is 11.5 Å². The van der Waals surface area contributed by atoms with Crippen molar-refractivity contribution in [1.82, 2.24) is 5.32 Å². The summed E-state index contributed by atoms with van der Waals surface area (Å²) in [6, 6.07) is 7.93. The van der Waals surface area contributed by atoms with E-state index in [9.17, 15) is 0 Å². The molecule has 0 atom stereocenters. The van der Waals surface area contributed by atoms with Gasteiger partial charge >= 0.3 is 0 Å². The lowest BCUT2D eigenvalue weighted by Crippen LogP contribution is -2.11. The third kappa shape index (κ3) is 2.26. The highest BCUT2D eigenvalue weighted by molar-refractivity contribution is 5.44. The lowest BCUT2D eigenvalue weighted by Gasteiger charge is -2.04. The van der Waals surface area contributed by atoms with Crippen LogP contribution in [-0.4, -0.2) is 6.79 Å². The van der Waals surface area contributed by atoms with Gasteiger partial charge in [-0.2, -0.15) is 0 Å². The molecular formula is C13H13NO3. The highest BCUT2D eigenvalue weighted by atomic mass is 16.7. The van der Waals surface area contributed by atoms with Gasteiger partial charge in [-0.25, -0.2) is 0 Å². The fraction of sp³-hybridized carbons (Fsp3) is 0.231. The van der Waals surface area contributed by atoms with E-state index >= 15 is 0 Å². The van der Waals surface area contributed by atoms with Crippen molar-refractivity contribution in [2.75, 3.05) is 6.79 Å². The molecule has 1 aliphatic heterocycles. The maximum Gasteiger partial charge on any atom is 0.231 e. The van der Waals surface area contributed by atoms with Crippen LogP contribution in [0, 0.1) is 0 Å². The van der Waals surface area contributed by atoms with Crippen LogP contribution < -0.4 is 14.8 Å². The van der Waals surface area contributed by atoms with Crippen LogP contribution in [0.4, 0.5) is 0 Å². The topological polar surface area (TPSA) is 43.6 Å². The molecule has 4 heteroatoms. The van der Waals surface area contributed by atoms with Gasteiger partial charge in [0.15, 0.2) is 11.5 Å². The zero-order valence-electron chi connectivity index (χ0n) is 9.31. The van der Waals surface area contributed by atoms with Gasteiger partial charge in [-0.1, -0.05) is 6.07 Å². The predicted octanol–water partition coefficient (Wildman–Crippen LogP) is 2.30. The van der Waals surface area contributed by atoms with Crippen molar-refractivity contribution in [1.29, 1.82) is 0 Å². The summed E-state index contributed by atoms with van der Waals surface area (Å²) in [5.41, 5.74) is 2.32. The zero-order valence-corrected chi connectivity index (χ0v) is 9.31. The van der Waals surface area contributed by atoms with Crippen LogP contribution in [-0.2, 0) is 13.1 Å². The summed E-state index contributed by atoms with van der Waals surface area (Å²) >= 11 is 0. The van der Waals surface area contributed by atoms with Gasteiger partial charge in [0.05, 0.1) is 12.5 Å². The number of benzene rings is 1. The van der Waals surface area contributed by atoms with Crippen molar-refractivity contribution in [3.05, 3.63) is 47.9 Å². The Morgan fingerprint density at radius 2 is 1.88 bits per heavy atom. The smallest absolute Gasteiger partial charge is 0.231 e. The molecular weight excluding hydrogens is 218 g/mol. The van der Waals surface area contributed by atoms with E-state index in [2.05, 4.69) is 5.32 Å². The summed E-state index contributed by atoms with van der Waals surface area (Å²) in [7, 11) is 0. The van der Waals surface area contributed by atoms with Crippen molar-refractivity contribution in [2.45, 2.75) is 13.1 Å². The largest absolute Gasteiger partial charge is 0.472 e. The zero-order chi connectivity index (χ0) is 11.5. The second-order valence-corrected chi connectivity index (χ2v) is 3.92. The molecule has 0 saturated carbocycles. The first-order valence-electron chi connectivity index (χ1n) is 5.52. The average Bonchev–Trinajstić information content (AvgIpc) is 2.98. The Bertz CT molecular complexity index is 493. The Morgan fingerprint density at radius 1 is 1.00 bits per heavy atom. The molecule has 0 unspecified atom stereocenters. The average molecular weight is 231 g/mol. The highest BCUT2D eigenvalue weighted by Gasteiger charge is 2.12. The molecule has 2 aromatic rings. The monoisotopic (exact) mass is 231 g/mol. The third-order valence-corrected chi connectivity index (χ3v) is 2.68. The molecule has 1 aromatic carbocycles. The minimum Gasteiger partial charge on any atom is -0.472 e.